The van der Waals surface area contributed by atoms with Crippen LogP contribution in [0.2, 0.25) is 0 Å². The van der Waals surface area contributed by atoms with E-state index < -0.39 is 16.8 Å². The lowest BCUT2D eigenvalue weighted by atomic mass is 9.82. The molecule has 11 heteroatoms. The molecule has 0 aliphatic heterocycles. The average molecular weight is 1070 g/mol. The summed E-state index contributed by atoms with van der Waals surface area (Å²) in [4.78, 5) is 34.5. The lowest BCUT2D eigenvalue weighted by Crippen LogP contribution is -2.27. The minimum absolute atomic E-state index is 0.120. The zero-order valence-corrected chi connectivity index (χ0v) is 50.8. The number of ether oxygens (including phenoxy) is 3. The fourth-order valence-electron chi connectivity index (χ4n) is 9.71. The normalized spacial score (nSPS) is 14.6. The van der Waals surface area contributed by atoms with Gasteiger partial charge in [-0.05, 0) is 209 Å². The highest BCUT2D eigenvalue weighted by Crippen LogP contribution is 2.57. The van der Waals surface area contributed by atoms with Crippen LogP contribution in [0, 0.1) is 6.92 Å². The number of carbonyl (C=O) groups is 3. The SMILES string of the molecule is CC(C)(C)OC(=O)n1ccc(-c2ccsc2)c1.CC(C)(C)OC(=O)n1cccc1.CC(C)c1cc(C(C)C)c(-c2ccccc2P(C2CCCCC2)C2CCCCC2)c(C(C)C)c1.Cc1ccn(C(=O)OC(C)(C)C)c1. The van der Waals surface area contributed by atoms with Crippen LogP contribution in [0.1, 0.15) is 208 Å². The number of rotatable bonds is 8. The molecular weight excluding hydrogens is 982 g/mol. The quantitative estimate of drug-likeness (QED) is 0.111. The maximum atomic E-state index is 11.8. The van der Waals surface area contributed by atoms with Gasteiger partial charge in [-0.15, -0.1) is 0 Å². The number of hydrogen-bond acceptors (Lipinski definition) is 7. The zero-order chi connectivity index (χ0) is 56.0. The Labute approximate surface area is 462 Å². The molecule has 8 rings (SSSR count). The first-order valence-corrected chi connectivity index (χ1v) is 30.4. The molecule has 0 amide bonds. The monoisotopic (exact) mass is 1070 g/mol. The van der Waals surface area contributed by atoms with E-state index >= 15 is 0 Å². The molecule has 4 heterocycles. The molecule has 0 unspecified atom stereocenters. The van der Waals surface area contributed by atoms with Crippen LogP contribution >= 0.6 is 19.3 Å². The third-order valence-electron chi connectivity index (χ3n) is 13.3. The third-order valence-corrected chi connectivity index (χ3v) is 17.6. The topological polar surface area (TPSA) is 93.7 Å². The van der Waals surface area contributed by atoms with Crippen LogP contribution in [-0.2, 0) is 14.2 Å². The van der Waals surface area contributed by atoms with Crippen LogP contribution in [0.4, 0.5) is 14.4 Å². The number of carbonyl (C=O) groups excluding carboxylic acids is 3. The molecule has 0 bridgehead atoms. The van der Waals surface area contributed by atoms with E-state index in [4.69, 9.17) is 14.2 Å². The van der Waals surface area contributed by atoms with Gasteiger partial charge in [-0.1, -0.05) is 124 Å². The average Bonchev–Trinajstić information content (AvgIpc) is 4.21. The van der Waals surface area contributed by atoms with Gasteiger partial charge in [0.2, 0.25) is 0 Å². The summed E-state index contributed by atoms with van der Waals surface area (Å²) in [7, 11) is -0.120. The molecule has 2 fully saturated rings. The molecule has 76 heavy (non-hydrogen) atoms. The highest BCUT2D eigenvalue weighted by Gasteiger charge is 2.35. The van der Waals surface area contributed by atoms with Crippen molar-refractivity contribution in [2.75, 3.05) is 0 Å². The lowest BCUT2D eigenvalue weighted by molar-refractivity contribution is 0.0526. The minimum atomic E-state index is -0.468. The van der Waals surface area contributed by atoms with Gasteiger partial charge in [-0.2, -0.15) is 11.3 Å². The van der Waals surface area contributed by atoms with Crippen molar-refractivity contribution in [1.82, 2.24) is 13.7 Å². The molecule has 9 nitrogen and oxygen atoms in total. The summed E-state index contributed by atoms with van der Waals surface area (Å²) in [6.07, 6.45) is 23.9. The number of aryl methyl sites for hydroxylation is 1. The Balaban J connectivity index is 0.000000211. The number of benzene rings is 2. The molecule has 0 atom stereocenters. The van der Waals surface area contributed by atoms with E-state index in [9.17, 15) is 14.4 Å². The summed E-state index contributed by atoms with van der Waals surface area (Å²) in [6, 6.07) is 24.2. The van der Waals surface area contributed by atoms with Gasteiger partial charge in [-0.3, -0.25) is 13.7 Å². The van der Waals surface area contributed by atoms with Crippen molar-refractivity contribution in [3.63, 3.8) is 0 Å². The third kappa shape index (κ3) is 19.1. The van der Waals surface area contributed by atoms with Crippen LogP contribution in [0.15, 0.2) is 115 Å². The van der Waals surface area contributed by atoms with E-state index in [1.807, 2.05) is 92.8 Å². The molecule has 0 saturated heterocycles. The lowest BCUT2D eigenvalue weighted by Gasteiger charge is -2.40. The Kier molecular flexibility index (Phi) is 22.7. The van der Waals surface area contributed by atoms with Crippen LogP contribution < -0.4 is 5.30 Å². The minimum Gasteiger partial charge on any atom is -0.443 e. The van der Waals surface area contributed by atoms with Crippen LogP contribution in [0.3, 0.4) is 0 Å². The first kappa shape index (κ1) is 61.7. The maximum absolute atomic E-state index is 11.8. The van der Waals surface area contributed by atoms with Gasteiger partial charge in [0.15, 0.2) is 0 Å². The first-order valence-electron chi connectivity index (χ1n) is 27.9. The standard InChI is InChI=1S/C33H49P.C13H15NO2S.C10H15NO2.C9H13NO2/c1-23(2)26-21-30(24(3)4)33(31(22-26)25(5)6)29-19-13-14-20-32(29)34(27-15-9-7-10-16-27)28-17-11-8-12-18-28;1-13(2,3)16-12(15)14-6-4-10(8-14)11-5-7-17-9-11;1-8-5-6-11(7-8)9(12)13-10(2,3)4;1-9(2,3)12-8(11)10-6-4-5-7-10/h13-14,19-25,27-28H,7-12,15-18H2,1-6H3;4-9H,1-3H3;5-7H,1-4H3;4-7H,1-3H3. The predicted octanol–water partition coefficient (Wildman–Crippen LogP) is 19.3. The van der Waals surface area contributed by atoms with Crippen molar-refractivity contribution in [2.24, 2.45) is 0 Å². The number of hydrogen-bond donors (Lipinski definition) is 0. The summed E-state index contributed by atoms with van der Waals surface area (Å²) in [5, 5.41) is 5.81. The predicted molar refractivity (Wildman–Crippen MR) is 321 cm³/mol. The Morgan fingerprint density at radius 2 is 1.00 bits per heavy atom. The van der Waals surface area contributed by atoms with Gasteiger partial charge >= 0.3 is 18.3 Å². The zero-order valence-electron chi connectivity index (χ0n) is 49.1. The van der Waals surface area contributed by atoms with E-state index in [-0.39, 0.29) is 26.2 Å². The van der Waals surface area contributed by atoms with Crippen molar-refractivity contribution in [1.29, 1.82) is 0 Å². The van der Waals surface area contributed by atoms with Crippen molar-refractivity contribution in [3.8, 4) is 22.3 Å². The Morgan fingerprint density at radius 1 is 0.539 bits per heavy atom. The molecule has 2 aliphatic carbocycles. The highest BCUT2D eigenvalue weighted by atomic mass is 32.1. The highest BCUT2D eigenvalue weighted by molar-refractivity contribution is 7.67. The van der Waals surface area contributed by atoms with Gasteiger partial charge in [-0.25, -0.2) is 14.4 Å². The molecule has 2 aromatic carbocycles. The van der Waals surface area contributed by atoms with Gasteiger partial charge in [0.25, 0.3) is 0 Å². The fourth-order valence-corrected chi connectivity index (χ4v) is 14.3. The fraction of sp³-hybridized carbons (Fsp3) is 0.523. The Bertz CT molecular complexity index is 2660. The van der Waals surface area contributed by atoms with Crippen molar-refractivity contribution in [3.05, 3.63) is 137 Å². The van der Waals surface area contributed by atoms with Crippen molar-refractivity contribution in [2.45, 2.75) is 221 Å². The van der Waals surface area contributed by atoms with E-state index in [0.29, 0.717) is 17.8 Å². The summed E-state index contributed by atoms with van der Waals surface area (Å²) in [5.74, 6) is 1.64. The Morgan fingerprint density at radius 3 is 1.42 bits per heavy atom. The van der Waals surface area contributed by atoms with E-state index in [1.165, 1.54) is 83.5 Å². The molecule has 2 aliphatic rings. The van der Waals surface area contributed by atoms with Crippen molar-refractivity contribution >= 4 is 42.8 Å². The van der Waals surface area contributed by atoms with Crippen LogP contribution in [0.5, 0.6) is 0 Å². The first-order chi connectivity index (χ1) is 35.7. The van der Waals surface area contributed by atoms with Gasteiger partial charge in [0.05, 0.1) is 0 Å². The van der Waals surface area contributed by atoms with Gasteiger partial charge < -0.3 is 14.2 Å². The summed E-state index contributed by atoms with van der Waals surface area (Å²) < 4.78 is 19.9. The second kappa shape index (κ2) is 27.9. The Hall–Kier alpha value is -5.18. The molecule has 0 spiro atoms. The second-order valence-electron chi connectivity index (χ2n) is 24.5. The van der Waals surface area contributed by atoms with Gasteiger partial charge in [0, 0.05) is 42.7 Å². The number of thiophene rings is 1. The van der Waals surface area contributed by atoms with Gasteiger partial charge in [0.1, 0.15) is 16.8 Å². The largest absolute Gasteiger partial charge is 0.443 e. The van der Waals surface area contributed by atoms with Crippen molar-refractivity contribution < 1.29 is 28.6 Å². The van der Waals surface area contributed by atoms with E-state index in [0.717, 1.165) is 28.0 Å². The van der Waals surface area contributed by atoms with E-state index in [2.05, 4.69) is 83.3 Å². The van der Waals surface area contributed by atoms with Crippen LogP contribution in [0.25, 0.3) is 22.3 Å². The number of nitrogens with zero attached hydrogens (tertiary/aromatic N) is 3. The summed E-state index contributed by atoms with van der Waals surface area (Å²) in [6.45, 7) is 32.9. The maximum Gasteiger partial charge on any atom is 0.418 e. The molecule has 4 aromatic heterocycles. The molecule has 2 saturated carbocycles. The molecule has 6 aromatic rings. The molecule has 414 valence electrons. The summed E-state index contributed by atoms with van der Waals surface area (Å²) in [5.41, 5.74) is 11.6. The second-order valence-corrected chi connectivity index (χ2v) is 28.0. The molecule has 0 N–H and O–H groups in total. The summed E-state index contributed by atoms with van der Waals surface area (Å²) >= 11 is 1.64. The van der Waals surface area contributed by atoms with Crippen LogP contribution in [-0.4, -0.2) is 60.1 Å². The molecule has 0 radical (unpaired) electrons. The molecular formula is C65H92N3O6PS. The number of aromatic nitrogens is 3. The van der Waals surface area contributed by atoms with E-state index in [1.54, 1.807) is 88.2 Å². The smallest absolute Gasteiger partial charge is 0.418 e.